The van der Waals surface area contributed by atoms with Crippen LogP contribution in [0.4, 0.5) is 0 Å². The fourth-order valence-electron chi connectivity index (χ4n) is 9.34. The molecule has 1 aliphatic carbocycles. The Morgan fingerprint density at radius 2 is 0.851 bits per heavy atom. The molecule has 4 aromatic rings. The van der Waals surface area contributed by atoms with Gasteiger partial charge in [0.25, 0.3) is 0 Å². The smallest absolute Gasteiger partial charge is 0.493 e. The van der Waals surface area contributed by atoms with Crippen LogP contribution in [-0.2, 0) is 33.5 Å². The second-order valence-corrected chi connectivity index (χ2v) is 20.2. The molecule has 0 bridgehead atoms. The fourth-order valence-corrected chi connectivity index (χ4v) is 9.34. The highest BCUT2D eigenvalue weighted by atomic mass is 16.7. The van der Waals surface area contributed by atoms with Crippen molar-refractivity contribution in [2.45, 2.75) is 162 Å². The van der Waals surface area contributed by atoms with Crippen LogP contribution in [0.15, 0.2) is 72.8 Å². The van der Waals surface area contributed by atoms with Crippen molar-refractivity contribution >= 4 is 37.1 Å². The molecule has 0 amide bonds. The minimum Gasteiger partial charge on any atom is -0.493 e. The monoisotopic (exact) mass is 915 g/mol. The molecule has 0 atom stereocenters. The Hall–Kier alpha value is -4.61. The maximum absolute atomic E-state index is 14.2. The lowest BCUT2D eigenvalue weighted by molar-refractivity contribution is 0.00578. The zero-order valence-corrected chi connectivity index (χ0v) is 42.2. The summed E-state index contributed by atoms with van der Waals surface area (Å²) < 4.78 is 51.1. The maximum atomic E-state index is 14.2. The first-order chi connectivity index (χ1) is 31.9. The van der Waals surface area contributed by atoms with Gasteiger partial charge < -0.3 is 37.6 Å². The van der Waals surface area contributed by atoms with Gasteiger partial charge in [0.15, 0.2) is 0 Å². The lowest BCUT2D eigenvalue weighted by atomic mass is 9.64. The highest BCUT2D eigenvalue weighted by molar-refractivity contribution is 6.62. The molecular formula is C55H72B2O10. The summed E-state index contributed by atoms with van der Waals surface area (Å²) in [5, 5.41) is 0. The van der Waals surface area contributed by atoms with Gasteiger partial charge in [-0.1, -0.05) is 101 Å². The van der Waals surface area contributed by atoms with Gasteiger partial charge in [-0.15, -0.1) is 0 Å². The van der Waals surface area contributed by atoms with Crippen LogP contribution in [0.25, 0.3) is 11.1 Å². The third-order valence-corrected chi connectivity index (χ3v) is 14.6. The number of rotatable bonds is 20. The predicted molar refractivity (Wildman–Crippen MR) is 266 cm³/mol. The molecule has 2 saturated heterocycles. The summed E-state index contributed by atoms with van der Waals surface area (Å²) in [5.41, 5.74) is 4.04. The van der Waals surface area contributed by atoms with Crippen molar-refractivity contribution in [3.05, 3.63) is 106 Å². The van der Waals surface area contributed by atoms with Gasteiger partial charge in [-0.3, -0.25) is 0 Å². The van der Waals surface area contributed by atoms with E-state index in [2.05, 4.69) is 50.2 Å². The Kier molecular flexibility index (Phi) is 15.1. The van der Waals surface area contributed by atoms with Crippen LogP contribution in [0.3, 0.4) is 0 Å². The zero-order valence-electron chi connectivity index (χ0n) is 42.2. The molecule has 7 rings (SSSR count). The summed E-state index contributed by atoms with van der Waals surface area (Å²) in [6, 6.07) is 24.4. The van der Waals surface area contributed by atoms with Crippen LogP contribution in [0.5, 0.6) is 11.5 Å². The van der Waals surface area contributed by atoms with Gasteiger partial charge in [-0.25, -0.2) is 9.59 Å². The van der Waals surface area contributed by atoms with Crippen molar-refractivity contribution in [1.82, 2.24) is 0 Å². The van der Waals surface area contributed by atoms with Gasteiger partial charge in [-0.2, -0.15) is 0 Å². The molecule has 2 heterocycles. The molecule has 0 unspecified atom stereocenters. The van der Waals surface area contributed by atoms with Gasteiger partial charge in [0.05, 0.1) is 54.2 Å². The molecule has 10 nitrogen and oxygen atoms in total. The molecule has 4 aromatic carbocycles. The number of carbonyl (C=O) groups is 2. The number of esters is 2. The van der Waals surface area contributed by atoms with Crippen LogP contribution in [0.2, 0.25) is 0 Å². The Morgan fingerprint density at radius 1 is 0.478 bits per heavy atom. The van der Waals surface area contributed by atoms with Crippen LogP contribution >= 0.6 is 0 Å². The van der Waals surface area contributed by atoms with Crippen molar-refractivity contribution in [1.29, 1.82) is 0 Å². The van der Waals surface area contributed by atoms with Crippen molar-refractivity contribution in [3.8, 4) is 22.6 Å². The molecule has 12 heteroatoms. The lowest BCUT2D eigenvalue weighted by Crippen LogP contribution is -2.41. The van der Waals surface area contributed by atoms with Crippen LogP contribution < -0.4 is 20.4 Å². The first kappa shape index (κ1) is 50.3. The molecule has 0 spiro atoms. The summed E-state index contributed by atoms with van der Waals surface area (Å²) in [5.74, 6) is -0.0820. The molecule has 358 valence electrons. The average Bonchev–Trinajstić information content (AvgIpc) is 3.80. The van der Waals surface area contributed by atoms with E-state index in [1.807, 2.05) is 91.8 Å². The minimum atomic E-state index is -1.17. The number of fused-ring (bicyclic) bond motifs is 3. The second kappa shape index (κ2) is 20.2. The second-order valence-electron chi connectivity index (χ2n) is 20.2. The van der Waals surface area contributed by atoms with E-state index in [1.165, 1.54) is 0 Å². The van der Waals surface area contributed by atoms with Gasteiger partial charge in [0.1, 0.15) is 22.6 Å². The number of hydrogen-bond donors (Lipinski definition) is 0. The molecule has 2 fully saturated rings. The standard InChI is InChI=1S/C55H72B2O10/c1-13-17-19-21-31-62-47-29-23-37(33-43(47)49(58)60-15-3)55(38-24-30-48(63-32-22-20-18-14-2)44(34-38)50(59)61-16-4)45-35-39(56-64-51(5,6)52(7,8)65-56)25-27-41(45)42-28-26-40(36-46(42)55)57-66-53(9,10)54(11,12)67-57/h23-30,33-36H,13-22,31-32H2,1-12H3. The van der Waals surface area contributed by atoms with Gasteiger partial charge in [0.2, 0.25) is 0 Å². The van der Waals surface area contributed by atoms with Crippen LogP contribution in [0, 0.1) is 0 Å². The van der Waals surface area contributed by atoms with Crippen LogP contribution in [-0.4, -0.2) is 75.0 Å². The Bertz CT molecular complexity index is 2220. The van der Waals surface area contributed by atoms with Gasteiger partial charge in [0, 0.05) is 0 Å². The highest BCUT2D eigenvalue weighted by Crippen LogP contribution is 2.57. The first-order valence-electron chi connectivity index (χ1n) is 24.7. The summed E-state index contributed by atoms with van der Waals surface area (Å²) in [7, 11) is -1.34. The van der Waals surface area contributed by atoms with E-state index >= 15 is 0 Å². The van der Waals surface area contributed by atoms with Crippen molar-refractivity contribution in [2.75, 3.05) is 26.4 Å². The van der Waals surface area contributed by atoms with Crippen molar-refractivity contribution in [3.63, 3.8) is 0 Å². The molecule has 0 aromatic heterocycles. The predicted octanol–water partition coefficient (Wildman–Crippen LogP) is 10.9. The summed E-state index contributed by atoms with van der Waals surface area (Å²) in [6.07, 6.45) is 8.17. The van der Waals surface area contributed by atoms with E-state index in [4.69, 9.17) is 37.6 Å². The Labute approximate surface area is 400 Å². The fraction of sp³-hybridized carbons (Fsp3) is 0.527. The highest BCUT2D eigenvalue weighted by Gasteiger charge is 2.55. The molecule has 0 saturated carbocycles. The quantitative estimate of drug-likeness (QED) is 0.0425. The Morgan fingerprint density at radius 3 is 1.19 bits per heavy atom. The molecule has 0 radical (unpaired) electrons. The number of hydrogen-bond acceptors (Lipinski definition) is 10. The van der Waals surface area contributed by atoms with E-state index in [0.717, 1.165) is 95.7 Å². The number of carbonyl (C=O) groups excluding carboxylic acids is 2. The largest absolute Gasteiger partial charge is 0.494 e. The number of unbranched alkanes of at least 4 members (excludes halogenated alkanes) is 6. The van der Waals surface area contributed by atoms with E-state index < -0.39 is 54.0 Å². The third-order valence-electron chi connectivity index (χ3n) is 14.6. The van der Waals surface area contributed by atoms with Crippen molar-refractivity contribution in [2.24, 2.45) is 0 Å². The van der Waals surface area contributed by atoms with Gasteiger partial charge in [-0.05, 0) is 151 Å². The Balaban J connectivity index is 1.53. The molecule has 3 aliphatic rings. The maximum Gasteiger partial charge on any atom is 0.494 e. The van der Waals surface area contributed by atoms with E-state index in [1.54, 1.807) is 13.8 Å². The first-order valence-corrected chi connectivity index (χ1v) is 24.7. The summed E-state index contributed by atoms with van der Waals surface area (Å²) in [4.78, 5) is 28.4. The molecule has 0 N–H and O–H groups in total. The zero-order chi connectivity index (χ0) is 48.4. The average molecular weight is 915 g/mol. The molecule has 2 aliphatic heterocycles. The SMILES string of the molecule is CCCCCCOc1ccc(C2(c3ccc(OCCCCCC)c(C(=O)OCC)c3)c3cc(B4OC(C)(C)C(C)(C)O4)ccc3-c3ccc(B4OC(C)(C)C(C)(C)O4)cc32)cc1C(=O)OCC. The van der Waals surface area contributed by atoms with E-state index in [0.29, 0.717) is 35.8 Å². The summed E-state index contributed by atoms with van der Waals surface area (Å²) >= 11 is 0. The van der Waals surface area contributed by atoms with Gasteiger partial charge >= 0.3 is 26.2 Å². The molecular weight excluding hydrogens is 842 g/mol. The summed E-state index contributed by atoms with van der Waals surface area (Å²) in [6.45, 7) is 25.6. The normalized spacial score (nSPS) is 18.1. The minimum absolute atomic E-state index is 0.188. The topological polar surface area (TPSA) is 108 Å². The van der Waals surface area contributed by atoms with E-state index in [-0.39, 0.29) is 13.2 Å². The lowest BCUT2D eigenvalue weighted by Gasteiger charge is -2.35. The van der Waals surface area contributed by atoms with E-state index in [9.17, 15) is 9.59 Å². The molecule has 67 heavy (non-hydrogen) atoms. The van der Waals surface area contributed by atoms with Crippen LogP contribution in [0.1, 0.15) is 177 Å². The third kappa shape index (κ3) is 9.70. The number of benzene rings is 4. The van der Waals surface area contributed by atoms with Crippen molar-refractivity contribution < 1.29 is 47.2 Å². The number of ether oxygens (including phenoxy) is 4.